The average molecular weight is 430 g/mol. The zero-order valence-corrected chi connectivity index (χ0v) is 20.6. The van der Waals surface area contributed by atoms with Crippen LogP contribution < -0.4 is 0 Å². The average Bonchev–Trinajstić information content (AvgIpc) is 2.63. The van der Waals surface area contributed by atoms with E-state index in [4.69, 9.17) is 0 Å². The minimum absolute atomic E-state index is 0. The number of hydrogen-bond donors (Lipinski definition) is 0. The van der Waals surface area contributed by atoms with Gasteiger partial charge in [0.25, 0.3) is 0 Å². The normalized spacial score (nSPS) is 11.1. The van der Waals surface area contributed by atoms with Crippen molar-refractivity contribution in [1.29, 1.82) is 0 Å². The number of hydrogen-bond acceptors (Lipinski definition) is 0. The summed E-state index contributed by atoms with van der Waals surface area (Å²) in [6.45, 7) is 6.96. The molecule has 0 aromatic heterocycles. The molecule has 0 saturated carbocycles. The topological polar surface area (TPSA) is 0 Å². The van der Waals surface area contributed by atoms with E-state index >= 15 is 0 Å². The summed E-state index contributed by atoms with van der Waals surface area (Å²) in [5.74, 6) is 0. The summed E-state index contributed by atoms with van der Waals surface area (Å²) in [6, 6.07) is 0. The third-order valence-electron chi connectivity index (χ3n) is 5.48. The zero-order valence-electron chi connectivity index (χ0n) is 18.6. The summed E-state index contributed by atoms with van der Waals surface area (Å²) in [5, 5.41) is 0. The van der Waals surface area contributed by atoms with Crippen molar-refractivity contribution in [2.24, 2.45) is 0 Å². The molecule has 0 unspecified atom stereocenters. The maximum Gasteiger partial charge on any atom is 0 e. The zero-order chi connectivity index (χ0) is 18.4. The molecule has 0 N–H and O–H groups in total. The summed E-state index contributed by atoms with van der Waals surface area (Å²) in [6.07, 6.45) is 31.2. The van der Waals surface area contributed by atoms with Gasteiger partial charge < -0.3 is 0 Å². The van der Waals surface area contributed by atoms with E-state index in [9.17, 15) is 0 Å². The van der Waals surface area contributed by atoms with Crippen molar-refractivity contribution in [3.8, 4) is 0 Å². The minimum Gasteiger partial charge on any atom is -0.107 e. The van der Waals surface area contributed by atoms with Crippen LogP contribution in [0.5, 0.6) is 0 Å². The molecule has 0 aliphatic heterocycles. The van der Waals surface area contributed by atoms with Gasteiger partial charge in [-0.3, -0.25) is 0 Å². The SMILES string of the molecule is CCCCCCCCP(CCCCCCCC)CCCCCCCC.[Co]. The number of rotatable bonds is 21. The first-order valence-corrected chi connectivity index (χ1v) is 14.0. The van der Waals surface area contributed by atoms with Gasteiger partial charge in [-0.2, -0.15) is 0 Å². The predicted molar refractivity (Wildman–Crippen MR) is 122 cm³/mol. The van der Waals surface area contributed by atoms with Gasteiger partial charge in [0, 0.05) is 16.8 Å². The second-order valence-electron chi connectivity index (χ2n) is 8.14. The van der Waals surface area contributed by atoms with Gasteiger partial charge in [0.05, 0.1) is 0 Å². The second kappa shape index (κ2) is 25.9. The van der Waals surface area contributed by atoms with Crippen molar-refractivity contribution in [3.05, 3.63) is 0 Å². The van der Waals surface area contributed by atoms with Crippen LogP contribution in [-0.4, -0.2) is 18.5 Å². The van der Waals surface area contributed by atoms with Gasteiger partial charge in [0.2, 0.25) is 0 Å². The Balaban J connectivity index is 0. The molecule has 0 atom stereocenters. The van der Waals surface area contributed by atoms with Crippen LogP contribution in [0.3, 0.4) is 0 Å². The van der Waals surface area contributed by atoms with Crippen LogP contribution in [0, 0.1) is 0 Å². The van der Waals surface area contributed by atoms with E-state index in [1.54, 1.807) is 18.5 Å². The smallest absolute Gasteiger partial charge is 0 e. The van der Waals surface area contributed by atoms with Gasteiger partial charge in [0.15, 0.2) is 0 Å². The van der Waals surface area contributed by atoms with Crippen molar-refractivity contribution in [3.63, 3.8) is 0 Å². The number of unbranched alkanes of at least 4 members (excludes halogenated alkanes) is 15. The Morgan fingerprint density at radius 3 is 0.846 bits per heavy atom. The molecule has 0 bridgehead atoms. The monoisotopic (exact) mass is 429 g/mol. The third-order valence-corrected chi connectivity index (χ3v) is 8.33. The van der Waals surface area contributed by atoms with E-state index in [-0.39, 0.29) is 16.8 Å². The molecule has 0 aliphatic rings. The van der Waals surface area contributed by atoms with E-state index in [1.165, 1.54) is 116 Å². The summed E-state index contributed by atoms with van der Waals surface area (Å²) in [4.78, 5) is 0. The summed E-state index contributed by atoms with van der Waals surface area (Å²) in [5.41, 5.74) is 0. The quantitative estimate of drug-likeness (QED) is 0.126. The van der Waals surface area contributed by atoms with Crippen LogP contribution in [0.25, 0.3) is 0 Å². The standard InChI is InChI=1S/C24H51P.Co/c1-4-7-10-13-16-19-22-25(23-20-17-14-11-8-5-2)24-21-18-15-12-9-6-3;/h4-24H2,1-3H3;. The van der Waals surface area contributed by atoms with Crippen LogP contribution in [0.15, 0.2) is 0 Å². The first-order valence-electron chi connectivity index (χ1n) is 12.1. The van der Waals surface area contributed by atoms with E-state index in [2.05, 4.69) is 20.8 Å². The first-order chi connectivity index (χ1) is 12.3. The predicted octanol–water partition coefficient (Wildman–Crippen LogP) is 9.55. The summed E-state index contributed by atoms with van der Waals surface area (Å²) >= 11 is 0. The van der Waals surface area contributed by atoms with Crippen LogP contribution in [0.4, 0.5) is 0 Å². The van der Waals surface area contributed by atoms with E-state index in [0.717, 1.165) is 0 Å². The Hall–Kier alpha value is 0.936. The summed E-state index contributed by atoms with van der Waals surface area (Å²) < 4.78 is 0. The second-order valence-corrected chi connectivity index (χ2v) is 10.8. The molecule has 161 valence electrons. The largest absolute Gasteiger partial charge is 0.107 e. The molecule has 0 spiro atoms. The van der Waals surface area contributed by atoms with Crippen molar-refractivity contribution < 1.29 is 16.8 Å². The maximum absolute atomic E-state index is 2.32. The molecular weight excluding hydrogens is 378 g/mol. The molecule has 0 aliphatic carbocycles. The molecule has 2 heteroatoms. The van der Waals surface area contributed by atoms with Gasteiger partial charge in [-0.05, 0) is 37.7 Å². The van der Waals surface area contributed by atoms with Crippen molar-refractivity contribution in [2.45, 2.75) is 136 Å². The molecule has 1 radical (unpaired) electrons. The Morgan fingerprint density at radius 2 is 0.577 bits per heavy atom. The molecule has 0 fully saturated rings. The summed E-state index contributed by atoms with van der Waals surface area (Å²) in [7, 11) is 0.366. The van der Waals surface area contributed by atoms with Crippen LogP contribution in [0.2, 0.25) is 0 Å². The van der Waals surface area contributed by atoms with Crippen LogP contribution in [0.1, 0.15) is 136 Å². The van der Waals surface area contributed by atoms with Crippen LogP contribution >= 0.6 is 7.92 Å². The van der Waals surface area contributed by atoms with Gasteiger partial charge in [-0.1, -0.05) is 117 Å². The van der Waals surface area contributed by atoms with E-state index in [0.29, 0.717) is 7.92 Å². The fourth-order valence-electron chi connectivity index (χ4n) is 3.68. The van der Waals surface area contributed by atoms with Gasteiger partial charge in [-0.15, -0.1) is 7.92 Å². The first kappa shape index (κ1) is 29.1. The molecule has 0 saturated heterocycles. The van der Waals surface area contributed by atoms with Gasteiger partial charge in [0.1, 0.15) is 0 Å². The Kier molecular flexibility index (Phi) is 29.1. The molecule has 0 aromatic carbocycles. The van der Waals surface area contributed by atoms with Crippen molar-refractivity contribution in [2.75, 3.05) is 18.5 Å². The molecular formula is C24H51CoP. The van der Waals surface area contributed by atoms with Crippen molar-refractivity contribution in [1.82, 2.24) is 0 Å². The molecule has 0 rings (SSSR count). The molecule has 26 heavy (non-hydrogen) atoms. The molecule has 0 aromatic rings. The third kappa shape index (κ3) is 23.0. The van der Waals surface area contributed by atoms with Gasteiger partial charge >= 0.3 is 0 Å². The molecule has 0 heterocycles. The Bertz CT molecular complexity index is 194. The molecule has 0 nitrogen and oxygen atoms in total. The Morgan fingerprint density at radius 1 is 0.346 bits per heavy atom. The van der Waals surface area contributed by atoms with Crippen LogP contribution in [-0.2, 0) is 16.8 Å². The van der Waals surface area contributed by atoms with E-state index in [1.807, 2.05) is 0 Å². The van der Waals surface area contributed by atoms with Crippen molar-refractivity contribution >= 4 is 7.92 Å². The fourth-order valence-corrected chi connectivity index (χ4v) is 6.37. The Labute approximate surface area is 179 Å². The maximum atomic E-state index is 2.32. The van der Waals surface area contributed by atoms with Gasteiger partial charge in [-0.25, -0.2) is 0 Å². The fraction of sp³-hybridized carbons (Fsp3) is 1.00. The molecule has 0 amide bonds. The van der Waals surface area contributed by atoms with E-state index < -0.39 is 0 Å². The minimum atomic E-state index is 0.